The zero-order valence-electron chi connectivity index (χ0n) is 15.9. The van der Waals surface area contributed by atoms with Crippen LogP contribution < -0.4 is 4.74 Å². The smallest absolute Gasteiger partial charge is 0.243 e. The number of benzene rings is 2. The second-order valence-electron chi connectivity index (χ2n) is 7.08. The largest absolute Gasteiger partial charge is 0.494 e. The number of hydrogen-bond acceptors (Lipinski definition) is 5. The van der Waals surface area contributed by atoms with Crippen LogP contribution in [0.5, 0.6) is 5.75 Å². The van der Waals surface area contributed by atoms with E-state index in [2.05, 4.69) is 0 Å². The maximum absolute atomic E-state index is 13.2. The maximum Gasteiger partial charge on any atom is 0.243 e. The first-order chi connectivity index (χ1) is 13.6. The number of hydrogen-bond donors (Lipinski definition) is 0. The highest BCUT2D eigenvalue weighted by Crippen LogP contribution is 2.36. The molecule has 0 aliphatic carbocycles. The Morgan fingerprint density at radius 2 is 1.82 bits per heavy atom. The van der Waals surface area contributed by atoms with E-state index in [4.69, 9.17) is 14.2 Å². The lowest BCUT2D eigenvalue weighted by Crippen LogP contribution is -2.38. The van der Waals surface area contributed by atoms with Gasteiger partial charge in [0.25, 0.3) is 0 Å². The first kappa shape index (κ1) is 19.4. The molecule has 6 nitrogen and oxygen atoms in total. The summed E-state index contributed by atoms with van der Waals surface area (Å²) in [5.41, 5.74) is 1.07. The highest BCUT2D eigenvalue weighted by molar-refractivity contribution is 7.89. The summed E-state index contributed by atoms with van der Waals surface area (Å²) < 4.78 is 45.2. The van der Waals surface area contributed by atoms with Gasteiger partial charge in [0.05, 0.1) is 43.5 Å². The molecule has 2 aromatic carbocycles. The summed E-state index contributed by atoms with van der Waals surface area (Å²) in [4.78, 5) is 0.269. The molecule has 0 spiro atoms. The van der Waals surface area contributed by atoms with E-state index in [0.717, 1.165) is 5.56 Å². The Kier molecular flexibility index (Phi) is 5.68. The van der Waals surface area contributed by atoms with E-state index in [1.54, 1.807) is 28.6 Å². The summed E-state index contributed by atoms with van der Waals surface area (Å²) >= 11 is 0. The van der Waals surface area contributed by atoms with Gasteiger partial charge in [-0.2, -0.15) is 4.31 Å². The molecule has 2 saturated heterocycles. The summed E-state index contributed by atoms with van der Waals surface area (Å²) in [7, 11) is -3.62. The number of ether oxygens (including phenoxy) is 3. The third-order valence-electron chi connectivity index (χ3n) is 5.35. The van der Waals surface area contributed by atoms with Crippen molar-refractivity contribution in [3.63, 3.8) is 0 Å². The van der Waals surface area contributed by atoms with Crippen LogP contribution in [0.3, 0.4) is 0 Å². The van der Waals surface area contributed by atoms with Crippen molar-refractivity contribution < 1.29 is 22.6 Å². The molecule has 28 heavy (non-hydrogen) atoms. The third-order valence-corrected chi connectivity index (χ3v) is 7.25. The van der Waals surface area contributed by atoms with Crippen LogP contribution in [0.25, 0.3) is 0 Å². The predicted octanol–water partition coefficient (Wildman–Crippen LogP) is 2.69. The molecular formula is C21H25NO5S. The molecule has 0 unspecified atom stereocenters. The standard InChI is InChI=1S/C21H25NO5S/c1-2-26-17-8-10-18(11-9-17)28(23,24)22-12-21(19-14-25-15-20(19)22)27-13-16-6-4-3-5-7-16/h3-11,19-21H,2,12-15H2,1H3/t19-,20+,21+/m1/s1. The molecule has 2 fully saturated rings. The third kappa shape index (κ3) is 3.80. The van der Waals surface area contributed by atoms with Crippen molar-refractivity contribution in [1.29, 1.82) is 0 Å². The highest BCUT2D eigenvalue weighted by Gasteiger charge is 2.50. The van der Waals surface area contributed by atoms with Gasteiger partial charge in [-0.05, 0) is 36.8 Å². The molecule has 0 bridgehead atoms. The Labute approximate surface area is 166 Å². The first-order valence-electron chi connectivity index (χ1n) is 9.57. The monoisotopic (exact) mass is 403 g/mol. The lowest BCUT2D eigenvalue weighted by atomic mass is 10.0. The highest BCUT2D eigenvalue weighted by atomic mass is 32.2. The van der Waals surface area contributed by atoms with E-state index >= 15 is 0 Å². The molecule has 2 aliphatic heterocycles. The van der Waals surface area contributed by atoms with E-state index in [9.17, 15) is 8.42 Å². The van der Waals surface area contributed by atoms with E-state index in [1.165, 1.54) is 0 Å². The van der Waals surface area contributed by atoms with E-state index < -0.39 is 10.0 Å². The van der Waals surface area contributed by atoms with Crippen molar-refractivity contribution in [1.82, 2.24) is 4.31 Å². The topological polar surface area (TPSA) is 65.1 Å². The Morgan fingerprint density at radius 1 is 1.07 bits per heavy atom. The van der Waals surface area contributed by atoms with Gasteiger partial charge in [-0.1, -0.05) is 30.3 Å². The molecule has 7 heteroatoms. The molecule has 2 aliphatic rings. The molecule has 0 radical (unpaired) electrons. The summed E-state index contributed by atoms with van der Waals surface area (Å²) in [6.07, 6.45) is -0.176. The first-order valence-corrected chi connectivity index (χ1v) is 11.0. The molecule has 2 aromatic rings. The fourth-order valence-corrected chi connectivity index (χ4v) is 5.57. The number of sulfonamides is 1. The zero-order valence-corrected chi connectivity index (χ0v) is 16.7. The van der Waals surface area contributed by atoms with Crippen LogP contribution in [-0.4, -0.2) is 51.2 Å². The van der Waals surface area contributed by atoms with Crippen molar-refractivity contribution in [2.45, 2.75) is 30.6 Å². The van der Waals surface area contributed by atoms with E-state index in [1.807, 2.05) is 37.3 Å². The van der Waals surface area contributed by atoms with Gasteiger partial charge >= 0.3 is 0 Å². The van der Waals surface area contributed by atoms with E-state index in [-0.39, 0.29) is 23.0 Å². The van der Waals surface area contributed by atoms with Crippen LogP contribution in [0.1, 0.15) is 12.5 Å². The number of nitrogens with zero attached hydrogens (tertiary/aromatic N) is 1. The van der Waals surface area contributed by atoms with Crippen LogP contribution in [0.4, 0.5) is 0 Å². The fourth-order valence-electron chi connectivity index (χ4n) is 3.90. The zero-order chi connectivity index (χ0) is 19.6. The normalized spacial score (nSPS) is 25.0. The Morgan fingerprint density at radius 3 is 2.54 bits per heavy atom. The van der Waals surface area contributed by atoms with Crippen molar-refractivity contribution in [3.05, 3.63) is 60.2 Å². The van der Waals surface area contributed by atoms with E-state index in [0.29, 0.717) is 38.7 Å². The predicted molar refractivity (Wildman–Crippen MR) is 105 cm³/mol. The number of fused-ring (bicyclic) bond motifs is 1. The minimum atomic E-state index is -3.62. The van der Waals surface area contributed by atoms with Crippen molar-refractivity contribution in [3.8, 4) is 5.75 Å². The van der Waals surface area contributed by atoms with Crippen molar-refractivity contribution >= 4 is 10.0 Å². The van der Waals surface area contributed by atoms with Gasteiger partial charge in [-0.15, -0.1) is 0 Å². The second-order valence-corrected chi connectivity index (χ2v) is 8.97. The lowest BCUT2D eigenvalue weighted by molar-refractivity contribution is 0.0127. The van der Waals surface area contributed by atoms with Gasteiger partial charge in [0.2, 0.25) is 10.0 Å². The minimum absolute atomic E-state index is 0.0567. The van der Waals surface area contributed by atoms with Gasteiger partial charge in [0.15, 0.2) is 0 Å². The van der Waals surface area contributed by atoms with Crippen molar-refractivity contribution in [2.24, 2.45) is 5.92 Å². The summed E-state index contributed by atoms with van der Waals surface area (Å²) in [5, 5.41) is 0. The summed E-state index contributed by atoms with van der Waals surface area (Å²) in [6.45, 7) is 4.18. The number of rotatable bonds is 7. The van der Waals surface area contributed by atoms with Gasteiger partial charge in [-0.25, -0.2) is 8.42 Å². The Bertz CT molecular complexity index is 885. The minimum Gasteiger partial charge on any atom is -0.494 e. The molecule has 2 heterocycles. The quantitative estimate of drug-likeness (QED) is 0.711. The van der Waals surface area contributed by atoms with Gasteiger partial charge in [-0.3, -0.25) is 0 Å². The molecule has 4 rings (SSSR count). The van der Waals surface area contributed by atoms with Crippen LogP contribution in [-0.2, 0) is 26.1 Å². The van der Waals surface area contributed by atoms with Gasteiger partial charge in [0.1, 0.15) is 5.75 Å². The van der Waals surface area contributed by atoms with Gasteiger partial charge < -0.3 is 14.2 Å². The maximum atomic E-state index is 13.2. The van der Waals surface area contributed by atoms with Crippen molar-refractivity contribution in [2.75, 3.05) is 26.4 Å². The molecule has 0 amide bonds. The molecule has 150 valence electrons. The summed E-state index contributed by atoms with van der Waals surface area (Å²) in [5.74, 6) is 0.718. The molecule has 0 N–H and O–H groups in total. The Balaban J connectivity index is 1.50. The van der Waals surface area contributed by atoms with Crippen LogP contribution in [0.2, 0.25) is 0 Å². The van der Waals surface area contributed by atoms with Crippen LogP contribution in [0.15, 0.2) is 59.5 Å². The van der Waals surface area contributed by atoms with Gasteiger partial charge in [0, 0.05) is 12.5 Å². The SMILES string of the molecule is CCOc1ccc(S(=O)(=O)N2C[C@H](OCc3ccccc3)[C@@H]3COC[C@@H]32)cc1. The molecular weight excluding hydrogens is 378 g/mol. The molecule has 3 atom stereocenters. The molecule has 0 aromatic heterocycles. The average molecular weight is 404 g/mol. The summed E-state index contributed by atoms with van der Waals surface area (Å²) in [6, 6.07) is 16.3. The van der Waals surface area contributed by atoms with Crippen LogP contribution in [0, 0.1) is 5.92 Å². The molecule has 0 saturated carbocycles. The average Bonchev–Trinajstić information content (AvgIpc) is 3.31. The second kappa shape index (κ2) is 8.21. The Hall–Kier alpha value is -1.93. The van der Waals surface area contributed by atoms with Crippen LogP contribution >= 0.6 is 0 Å². The lowest BCUT2D eigenvalue weighted by Gasteiger charge is -2.22. The fraction of sp³-hybridized carbons (Fsp3) is 0.429.